The number of H-pyrrole nitrogens is 1. The molecular weight excluding hydrogens is 523 g/mol. The number of carbonyl (C=O) groups excluding carboxylic acids is 1. The Bertz CT molecular complexity index is 1880. The number of aryl methyl sites for hydroxylation is 1. The number of fused-ring (bicyclic) bond motifs is 2. The average Bonchev–Trinajstić information content (AvgIpc) is 3.59. The highest BCUT2D eigenvalue weighted by Crippen LogP contribution is 2.40. The lowest BCUT2D eigenvalue weighted by Crippen LogP contribution is -2.23. The Balaban J connectivity index is 1.48. The van der Waals surface area contributed by atoms with Gasteiger partial charge in [0, 0.05) is 40.2 Å². The summed E-state index contributed by atoms with van der Waals surface area (Å²) in [6, 6.07) is 25.6. The smallest absolute Gasteiger partial charge is 0.263 e. The summed E-state index contributed by atoms with van der Waals surface area (Å²) in [7, 11) is 0. The van der Waals surface area contributed by atoms with Gasteiger partial charge in [-0.05, 0) is 24.1 Å². The number of hydrogen-bond donors (Lipinski definition) is 1. The Morgan fingerprint density at radius 2 is 1.82 bits per heavy atom. The van der Waals surface area contributed by atoms with E-state index in [0.29, 0.717) is 20.9 Å². The number of thiophene rings is 1. The number of hydrogen-bond acceptors (Lipinski definition) is 5. The third-order valence-corrected chi connectivity index (χ3v) is 8.87. The van der Waals surface area contributed by atoms with Gasteiger partial charge in [-0.25, -0.2) is 4.98 Å². The number of Topliss-reactive ketones (excluding diaryl/α,β-unsaturated/α-hetero) is 1. The van der Waals surface area contributed by atoms with E-state index in [1.54, 1.807) is 16.8 Å². The van der Waals surface area contributed by atoms with Gasteiger partial charge < -0.3 is 4.98 Å². The van der Waals surface area contributed by atoms with E-state index in [1.807, 2.05) is 91.2 Å². The van der Waals surface area contributed by atoms with Gasteiger partial charge >= 0.3 is 0 Å². The Morgan fingerprint density at radius 1 is 1.08 bits per heavy atom. The van der Waals surface area contributed by atoms with Crippen LogP contribution >= 0.6 is 23.1 Å². The number of nitrogens with zero attached hydrogens (tertiary/aromatic N) is 2. The van der Waals surface area contributed by atoms with Gasteiger partial charge in [-0.1, -0.05) is 96.2 Å². The highest BCUT2D eigenvalue weighted by molar-refractivity contribution is 8.00. The molecule has 1 unspecified atom stereocenters. The maximum Gasteiger partial charge on any atom is 0.263 e. The van der Waals surface area contributed by atoms with Crippen molar-refractivity contribution in [2.75, 3.05) is 0 Å². The molecule has 3 aromatic heterocycles. The molecule has 0 amide bonds. The SMILES string of the molecule is C=CCn1c(SC(C(=O)c2c[nH]c3ccccc23)c2ccccc2)nc2scc(-c3ccc(C)cc3)c2c1=O. The predicted octanol–water partition coefficient (Wildman–Crippen LogP) is 7.82. The molecule has 7 heteroatoms. The number of nitrogens with one attached hydrogen (secondary N) is 1. The zero-order valence-corrected chi connectivity index (χ0v) is 22.9. The summed E-state index contributed by atoms with van der Waals surface area (Å²) in [4.78, 5) is 36.8. The molecule has 0 bridgehead atoms. The number of thioether (sulfide) groups is 1. The summed E-state index contributed by atoms with van der Waals surface area (Å²) >= 11 is 2.75. The summed E-state index contributed by atoms with van der Waals surface area (Å²) in [5.41, 5.74) is 5.25. The second-order valence-electron chi connectivity index (χ2n) is 9.32. The first kappa shape index (κ1) is 25.1. The molecule has 0 radical (unpaired) electrons. The highest BCUT2D eigenvalue weighted by Gasteiger charge is 2.28. The van der Waals surface area contributed by atoms with Crippen molar-refractivity contribution < 1.29 is 4.79 Å². The minimum Gasteiger partial charge on any atom is -0.360 e. The molecule has 6 rings (SSSR count). The van der Waals surface area contributed by atoms with Crippen LogP contribution in [0.15, 0.2) is 113 Å². The quantitative estimate of drug-likeness (QED) is 0.0913. The summed E-state index contributed by atoms with van der Waals surface area (Å²) in [5.74, 6) is -0.0466. The molecule has 0 saturated carbocycles. The molecule has 0 fully saturated rings. The van der Waals surface area contributed by atoms with E-state index in [0.717, 1.165) is 33.2 Å². The van der Waals surface area contributed by atoms with Gasteiger partial charge in [0.1, 0.15) is 10.1 Å². The van der Waals surface area contributed by atoms with Crippen LogP contribution in [-0.4, -0.2) is 20.3 Å². The van der Waals surface area contributed by atoms with E-state index in [2.05, 4.69) is 11.6 Å². The van der Waals surface area contributed by atoms with Gasteiger partial charge in [0.25, 0.3) is 5.56 Å². The summed E-state index contributed by atoms with van der Waals surface area (Å²) in [5, 5.41) is 3.35. The minimum atomic E-state index is -0.595. The first-order valence-corrected chi connectivity index (χ1v) is 14.3. The van der Waals surface area contributed by atoms with Crippen molar-refractivity contribution in [3.05, 3.63) is 130 Å². The molecule has 192 valence electrons. The number of aromatic amines is 1. The fourth-order valence-corrected chi connectivity index (χ4v) is 6.92. The Kier molecular flexibility index (Phi) is 6.77. The first-order chi connectivity index (χ1) is 19.0. The molecule has 0 aliphatic carbocycles. The molecule has 1 atom stereocenters. The topological polar surface area (TPSA) is 67.8 Å². The van der Waals surface area contributed by atoms with Gasteiger partial charge in [0.15, 0.2) is 10.9 Å². The lowest BCUT2D eigenvalue weighted by Gasteiger charge is -2.18. The van der Waals surface area contributed by atoms with E-state index in [1.165, 1.54) is 23.1 Å². The van der Waals surface area contributed by atoms with Crippen molar-refractivity contribution in [1.82, 2.24) is 14.5 Å². The van der Waals surface area contributed by atoms with Gasteiger partial charge in [-0.15, -0.1) is 17.9 Å². The molecule has 0 spiro atoms. The molecule has 0 saturated heterocycles. The van der Waals surface area contributed by atoms with Gasteiger partial charge in [-0.2, -0.15) is 0 Å². The largest absolute Gasteiger partial charge is 0.360 e. The summed E-state index contributed by atoms with van der Waals surface area (Å²) in [6.45, 7) is 6.21. The van der Waals surface area contributed by atoms with Crippen molar-refractivity contribution >= 4 is 50.0 Å². The second kappa shape index (κ2) is 10.5. The van der Waals surface area contributed by atoms with Crippen LogP contribution in [0.4, 0.5) is 0 Å². The molecule has 6 aromatic rings. The molecule has 0 aliphatic heterocycles. The lowest BCUT2D eigenvalue weighted by molar-refractivity contribution is 0.0991. The number of benzene rings is 3. The molecular formula is C32H25N3O2S2. The van der Waals surface area contributed by atoms with Crippen molar-refractivity contribution in [1.29, 1.82) is 0 Å². The molecule has 0 aliphatic rings. The molecule has 5 nitrogen and oxygen atoms in total. The summed E-state index contributed by atoms with van der Waals surface area (Å²) < 4.78 is 1.63. The second-order valence-corrected chi connectivity index (χ2v) is 11.2. The summed E-state index contributed by atoms with van der Waals surface area (Å²) in [6.07, 6.45) is 3.46. The maximum absolute atomic E-state index is 14.1. The number of aromatic nitrogens is 3. The molecule has 1 N–H and O–H groups in total. The van der Waals surface area contributed by atoms with Gasteiger partial charge in [-0.3, -0.25) is 14.2 Å². The van der Waals surface area contributed by atoms with Crippen LogP contribution in [0.3, 0.4) is 0 Å². The number of rotatable bonds is 8. The third kappa shape index (κ3) is 4.64. The van der Waals surface area contributed by atoms with Crippen molar-refractivity contribution in [2.45, 2.75) is 23.9 Å². The van der Waals surface area contributed by atoms with Crippen LogP contribution in [0.5, 0.6) is 0 Å². The zero-order chi connectivity index (χ0) is 26.9. The van der Waals surface area contributed by atoms with E-state index >= 15 is 0 Å². The Hall–Kier alpha value is -4.20. The molecule has 39 heavy (non-hydrogen) atoms. The van der Waals surface area contributed by atoms with Crippen LogP contribution in [-0.2, 0) is 6.54 Å². The Labute approximate surface area is 233 Å². The number of allylic oxidation sites excluding steroid dienone is 1. The number of carbonyl (C=O) groups is 1. The fraction of sp³-hybridized carbons (Fsp3) is 0.0938. The lowest BCUT2D eigenvalue weighted by atomic mass is 10.0. The van der Waals surface area contributed by atoms with E-state index in [-0.39, 0.29) is 17.9 Å². The zero-order valence-electron chi connectivity index (χ0n) is 21.3. The van der Waals surface area contributed by atoms with E-state index in [4.69, 9.17) is 4.98 Å². The van der Waals surface area contributed by atoms with Crippen molar-refractivity contribution in [3.63, 3.8) is 0 Å². The van der Waals surface area contributed by atoms with E-state index in [9.17, 15) is 9.59 Å². The van der Waals surface area contributed by atoms with Crippen LogP contribution in [0.1, 0.15) is 26.7 Å². The molecule has 3 aromatic carbocycles. The maximum atomic E-state index is 14.1. The van der Waals surface area contributed by atoms with Crippen molar-refractivity contribution in [3.8, 4) is 11.1 Å². The first-order valence-electron chi connectivity index (χ1n) is 12.6. The van der Waals surface area contributed by atoms with Crippen LogP contribution in [0.25, 0.3) is 32.2 Å². The van der Waals surface area contributed by atoms with Crippen LogP contribution < -0.4 is 5.56 Å². The van der Waals surface area contributed by atoms with Gasteiger partial charge in [0.2, 0.25) is 0 Å². The minimum absolute atomic E-state index is 0.0466. The van der Waals surface area contributed by atoms with Gasteiger partial charge in [0.05, 0.1) is 5.39 Å². The monoisotopic (exact) mass is 547 g/mol. The van der Waals surface area contributed by atoms with Crippen molar-refractivity contribution in [2.24, 2.45) is 0 Å². The average molecular weight is 548 g/mol. The highest BCUT2D eigenvalue weighted by atomic mass is 32.2. The third-order valence-electron chi connectivity index (χ3n) is 6.75. The van der Waals surface area contributed by atoms with Crippen LogP contribution in [0.2, 0.25) is 0 Å². The predicted molar refractivity (Wildman–Crippen MR) is 162 cm³/mol. The number of para-hydroxylation sites is 1. The fourth-order valence-electron chi connectivity index (χ4n) is 4.75. The standard InChI is InChI=1S/C32H25N3O2S2/c1-3-17-35-31(37)27-25(21-15-13-20(2)14-16-21)19-38-30(27)34-32(35)39-29(22-9-5-4-6-10-22)28(36)24-18-33-26-12-8-7-11-23(24)26/h3-16,18-19,29,33H,1,17H2,2H3. The Morgan fingerprint density at radius 3 is 2.59 bits per heavy atom. The van der Waals surface area contributed by atoms with E-state index < -0.39 is 5.25 Å². The normalized spacial score (nSPS) is 12.1. The molecule has 3 heterocycles. The van der Waals surface area contributed by atoms with Crippen LogP contribution in [0, 0.1) is 6.92 Å². The number of ketones is 1.